The monoisotopic (exact) mass is 1100 g/mol. The molecule has 4 aliphatic heterocycles. The van der Waals surface area contributed by atoms with Gasteiger partial charge in [0.2, 0.25) is 10.9 Å². The first-order valence-electron chi connectivity index (χ1n) is 23.9. The number of aromatic nitrogens is 2. The molecule has 8 rings (SSSR count). The average molecular weight is 1100 g/mol. The normalized spacial score (nSPS) is 17.2. The third-order valence-corrected chi connectivity index (χ3v) is 13.2. The van der Waals surface area contributed by atoms with Crippen molar-refractivity contribution in [1.82, 2.24) is 24.5 Å². The molecule has 0 spiro atoms. The minimum atomic E-state index is -1.16. The summed E-state index contributed by atoms with van der Waals surface area (Å²) in [5, 5.41) is 6.18. The van der Waals surface area contributed by atoms with E-state index in [4.69, 9.17) is 24.7 Å². The van der Waals surface area contributed by atoms with Crippen LogP contribution in [-0.4, -0.2) is 116 Å². The van der Waals surface area contributed by atoms with Gasteiger partial charge in [0.15, 0.2) is 22.9 Å². The number of nitrogens with zero attached hydrogens (tertiary/aromatic N) is 6. The summed E-state index contributed by atoms with van der Waals surface area (Å²) in [6.07, 6.45) is 9.13. The van der Waals surface area contributed by atoms with Gasteiger partial charge in [-0.15, -0.1) is 0 Å². The zero-order chi connectivity index (χ0) is 53.1. The maximum atomic E-state index is 14.0. The van der Waals surface area contributed by atoms with Crippen LogP contribution in [0.3, 0.4) is 0 Å². The lowest BCUT2D eigenvalue weighted by Gasteiger charge is -2.42. The van der Waals surface area contributed by atoms with Crippen LogP contribution in [0.4, 0.5) is 26.3 Å². The number of ether oxygens (including phenoxy) is 4. The van der Waals surface area contributed by atoms with E-state index in [0.29, 0.717) is 86.6 Å². The Hall–Kier alpha value is -6.11. The second-order valence-electron chi connectivity index (χ2n) is 17.5. The van der Waals surface area contributed by atoms with Crippen LogP contribution in [0, 0.1) is 34.9 Å². The van der Waals surface area contributed by atoms with Crippen LogP contribution in [0.25, 0.3) is 0 Å². The summed E-state index contributed by atoms with van der Waals surface area (Å²) >= 11 is 3.31. The number of hydrogen-bond donors (Lipinski definition) is 2. The quantitative estimate of drug-likeness (QED) is 0.110. The first kappa shape index (κ1) is 56.2. The number of carbonyl (C=O) groups excluding carboxylic acids is 3. The summed E-state index contributed by atoms with van der Waals surface area (Å²) in [6, 6.07) is 2.21. The highest BCUT2D eigenvalue weighted by molar-refractivity contribution is 9.10. The highest BCUT2D eigenvalue weighted by atomic mass is 79.9. The molecule has 398 valence electrons. The summed E-state index contributed by atoms with van der Waals surface area (Å²) in [7, 11) is 3.31. The van der Waals surface area contributed by atoms with Gasteiger partial charge in [0.1, 0.15) is 53.8 Å². The maximum Gasteiger partial charge on any atom is 0.277 e. The van der Waals surface area contributed by atoms with Gasteiger partial charge in [-0.2, -0.15) is 0 Å². The van der Waals surface area contributed by atoms with E-state index in [1.807, 2.05) is 11.9 Å². The summed E-state index contributed by atoms with van der Waals surface area (Å²) < 4.78 is 105. The molecule has 2 fully saturated rings. The van der Waals surface area contributed by atoms with Crippen molar-refractivity contribution in [1.29, 1.82) is 0 Å². The summed E-state index contributed by atoms with van der Waals surface area (Å²) in [5.74, 6) is -7.81. The third-order valence-electron chi connectivity index (χ3n) is 12.6. The van der Waals surface area contributed by atoms with Gasteiger partial charge in [-0.1, -0.05) is 26.7 Å². The van der Waals surface area contributed by atoms with Crippen molar-refractivity contribution >= 4 is 33.7 Å². The molecule has 73 heavy (non-hydrogen) atoms. The van der Waals surface area contributed by atoms with Gasteiger partial charge in [-0.05, 0) is 54.5 Å². The number of nitrogens with two attached hydrogens (primary N) is 1. The number of nitrogens with one attached hydrogen (secondary N) is 1. The first-order chi connectivity index (χ1) is 35.0. The molecule has 2 aromatic heterocycles. The molecular weight excluding hydrogens is 1040 g/mol. The molecule has 6 heterocycles. The maximum absolute atomic E-state index is 14.0. The second-order valence-corrected chi connectivity index (χ2v) is 18.3. The predicted molar refractivity (Wildman–Crippen MR) is 260 cm³/mol. The van der Waals surface area contributed by atoms with Crippen LogP contribution in [0.5, 0.6) is 11.5 Å². The van der Waals surface area contributed by atoms with Crippen molar-refractivity contribution in [2.75, 3.05) is 77.0 Å². The van der Waals surface area contributed by atoms with Crippen LogP contribution in [0.1, 0.15) is 108 Å². The van der Waals surface area contributed by atoms with Gasteiger partial charge >= 0.3 is 0 Å². The van der Waals surface area contributed by atoms with E-state index in [0.717, 1.165) is 38.6 Å². The highest BCUT2D eigenvalue weighted by Gasteiger charge is 2.38. The van der Waals surface area contributed by atoms with Crippen LogP contribution in [0.15, 0.2) is 50.7 Å². The number of pyridine rings is 2. The van der Waals surface area contributed by atoms with E-state index in [1.165, 1.54) is 10.9 Å². The molecule has 3 amide bonds. The Morgan fingerprint density at radius 2 is 1.08 bits per heavy atom. The molecule has 2 atom stereocenters. The highest BCUT2D eigenvalue weighted by Crippen LogP contribution is 2.28. The molecule has 0 radical (unpaired) electrons. The van der Waals surface area contributed by atoms with Gasteiger partial charge in [-0.3, -0.25) is 43.3 Å². The summed E-state index contributed by atoms with van der Waals surface area (Å²) in [4.78, 5) is 68.7. The molecule has 0 saturated carbocycles. The van der Waals surface area contributed by atoms with Crippen molar-refractivity contribution in [3.8, 4) is 11.5 Å². The standard InChI is InChI=1S/C25H29F3N4O5.C17H24BrN3O4.C7H6F3N/c1-3-4-9-37-23-21-25(35)30-7-5-16(36-2)6-8-31(14-30)32(21)13-18(22(23)33)24(34)29-12-17-19(27)10-15(26)11-20(17)28;1-3-4-9-25-16-14-17(23)19-7-5-12(24-2)6-8-20(11-19)21(14)10-13(18)15(16)22;8-4-1-6(9)5(3-11)7(10)2-4/h10-11,13,16H,3-9,12,14H2,1-2H3,(H,29,34);10,12H,3-9,11H2,1-2H3;1-2H,3,11H2. The van der Waals surface area contributed by atoms with Crippen LogP contribution in [-0.2, 0) is 22.6 Å². The number of benzene rings is 2. The lowest BCUT2D eigenvalue weighted by Crippen LogP contribution is -2.57. The Morgan fingerprint density at radius 3 is 1.52 bits per heavy atom. The molecule has 4 aromatic rings. The number of amides is 3. The molecule has 0 aliphatic carbocycles. The number of halogens is 7. The molecule has 4 bridgehead atoms. The molecule has 3 N–H and O–H groups in total. The number of methoxy groups -OCH3 is 2. The molecule has 2 aromatic carbocycles. The van der Waals surface area contributed by atoms with Gasteiger partial charge in [0.25, 0.3) is 17.7 Å². The number of fused-ring (bicyclic) bond motifs is 8. The van der Waals surface area contributed by atoms with Crippen molar-refractivity contribution in [2.24, 2.45) is 5.73 Å². The van der Waals surface area contributed by atoms with E-state index in [-0.39, 0.29) is 71.7 Å². The van der Waals surface area contributed by atoms with E-state index in [9.17, 15) is 50.3 Å². The molecule has 2 unspecified atom stereocenters. The fourth-order valence-corrected chi connectivity index (χ4v) is 8.78. The fourth-order valence-electron chi connectivity index (χ4n) is 8.41. The number of unbranched alkanes of at least 4 members (excludes halogenated alkanes) is 2. The number of hydrogen-bond acceptors (Lipinski definition) is 12. The Labute approximate surface area is 425 Å². The Kier molecular flexibility index (Phi) is 19.8. The largest absolute Gasteiger partial charge is 0.487 e. The topological polar surface area (TPSA) is 183 Å². The average Bonchev–Trinajstić information content (AvgIpc) is 3.33. The first-order valence-corrected chi connectivity index (χ1v) is 24.7. The minimum absolute atomic E-state index is 0.0235. The minimum Gasteiger partial charge on any atom is -0.487 e. The number of rotatable bonds is 14. The van der Waals surface area contributed by atoms with Crippen molar-refractivity contribution in [2.45, 2.75) is 90.5 Å². The third kappa shape index (κ3) is 13.2. The van der Waals surface area contributed by atoms with Crippen LogP contribution in [0.2, 0.25) is 0 Å². The fraction of sp³-hybridized carbons (Fsp3) is 0.490. The summed E-state index contributed by atoms with van der Waals surface area (Å²) in [6.45, 7) is 6.68. The SMILES string of the molecule is CCCCOc1c2n(cc(Br)c1=O)N1CCC(OC)CCN(C1)C2=O.CCCCOc1c2n(cc(C(=O)NCc3c(F)cc(F)cc3F)c1=O)N1CCC(OC)CCN(C1)C2=O.NCc1c(F)cc(F)cc1F. The smallest absolute Gasteiger partial charge is 0.277 e. The second kappa shape index (κ2) is 25.7. The van der Waals surface area contributed by atoms with Gasteiger partial charge < -0.3 is 39.8 Å². The van der Waals surface area contributed by atoms with E-state index in [2.05, 4.69) is 33.2 Å². The van der Waals surface area contributed by atoms with Gasteiger partial charge in [0.05, 0.1) is 29.9 Å². The molecule has 4 aliphatic rings. The molecule has 17 nitrogen and oxygen atoms in total. The van der Waals surface area contributed by atoms with E-state index >= 15 is 0 Å². The lowest BCUT2D eigenvalue weighted by molar-refractivity contribution is 0.0466. The van der Waals surface area contributed by atoms with Crippen LogP contribution >= 0.6 is 15.9 Å². The zero-order valence-electron chi connectivity index (χ0n) is 40.9. The summed E-state index contributed by atoms with van der Waals surface area (Å²) in [5.41, 5.74) is 3.08. The van der Waals surface area contributed by atoms with Crippen molar-refractivity contribution in [3.63, 3.8) is 0 Å². The lowest BCUT2D eigenvalue weighted by atomic mass is 10.1. The number of carbonyl (C=O) groups is 3. The van der Waals surface area contributed by atoms with Crippen LogP contribution < -0.4 is 41.4 Å². The Bertz CT molecular complexity index is 2720. The molecule has 24 heteroatoms. The predicted octanol–water partition coefficient (Wildman–Crippen LogP) is 6.05. The molecular formula is C49H59BrF6N8O9. The zero-order valence-corrected chi connectivity index (χ0v) is 42.5. The Morgan fingerprint density at radius 1 is 0.658 bits per heavy atom. The van der Waals surface area contributed by atoms with E-state index < -0.39 is 64.3 Å². The van der Waals surface area contributed by atoms with Gasteiger partial charge in [0, 0.05) is 101 Å². The Balaban J connectivity index is 0.000000206. The van der Waals surface area contributed by atoms with Crippen molar-refractivity contribution < 1.29 is 59.7 Å². The molecule has 2 saturated heterocycles. The van der Waals surface area contributed by atoms with Gasteiger partial charge in [-0.25, -0.2) is 26.3 Å². The van der Waals surface area contributed by atoms with E-state index in [1.54, 1.807) is 34.9 Å². The van der Waals surface area contributed by atoms with Crippen molar-refractivity contribution in [3.05, 3.63) is 125 Å².